The summed E-state index contributed by atoms with van der Waals surface area (Å²) in [5.41, 5.74) is 2.78. The topological polar surface area (TPSA) is 34.6 Å². The number of aromatic nitrogens is 1. The minimum Gasteiger partial charge on any atom is -0.490 e. The summed E-state index contributed by atoms with van der Waals surface area (Å²) in [6.07, 6.45) is 1.78. The van der Waals surface area contributed by atoms with Crippen LogP contribution in [0.15, 0.2) is 54.7 Å². The highest BCUT2D eigenvalue weighted by Gasteiger charge is 2.52. The van der Waals surface area contributed by atoms with Gasteiger partial charge in [0.05, 0.1) is 23.3 Å². The fourth-order valence-corrected chi connectivity index (χ4v) is 4.58. The number of halogens is 1. The highest BCUT2D eigenvalue weighted by atomic mass is 35.5. The Morgan fingerprint density at radius 3 is 2.81 bits per heavy atom. The van der Waals surface area contributed by atoms with Gasteiger partial charge < -0.3 is 4.74 Å². The lowest BCUT2D eigenvalue weighted by Gasteiger charge is -2.34. The normalized spacial score (nSPS) is 23.7. The highest BCUT2D eigenvalue weighted by molar-refractivity contribution is 6.35. The Labute approximate surface area is 163 Å². The van der Waals surface area contributed by atoms with Gasteiger partial charge >= 0.3 is 0 Å². The Bertz CT molecular complexity index is 1010. The van der Waals surface area contributed by atoms with Crippen LogP contribution in [0.4, 0.5) is 0 Å². The second-order valence-corrected chi connectivity index (χ2v) is 8.20. The fraction of sp³-hybridized carbons (Fsp3) is 0.318. The molecular weight excluding hydrogens is 360 g/mol. The van der Waals surface area contributed by atoms with Gasteiger partial charge in [0, 0.05) is 29.6 Å². The molecule has 0 unspecified atom stereocenters. The minimum atomic E-state index is -0.317. The Hall–Kier alpha value is -2.14. The molecule has 3 aromatic rings. The van der Waals surface area contributed by atoms with Gasteiger partial charge in [0.1, 0.15) is 5.52 Å². The predicted octanol–water partition coefficient (Wildman–Crippen LogP) is 5.16. The van der Waals surface area contributed by atoms with Crippen molar-refractivity contribution in [2.24, 2.45) is 5.92 Å². The molecule has 4 nitrogen and oxygen atoms in total. The minimum absolute atomic E-state index is 0.0767. The van der Waals surface area contributed by atoms with Crippen molar-refractivity contribution in [3.05, 3.63) is 70.9 Å². The second kappa shape index (κ2) is 6.20. The first-order valence-corrected chi connectivity index (χ1v) is 9.62. The first kappa shape index (κ1) is 17.0. The zero-order valence-corrected chi connectivity index (χ0v) is 16.1. The van der Waals surface area contributed by atoms with Crippen molar-refractivity contribution >= 4 is 22.5 Å². The molecule has 1 fully saturated rings. The summed E-state index contributed by atoms with van der Waals surface area (Å²) in [5, 5.41) is 3.71. The van der Waals surface area contributed by atoms with Crippen LogP contribution in [0.3, 0.4) is 0 Å². The first-order chi connectivity index (χ1) is 13.0. The van der Waals surface area contributed by atoms with Gasteiger partial charge in [-0.2, -0.15) is 5.06 Å². The maximum Gasteiger partial charge on any atom is 0.150 e. The molecule has 2 aliphatic heterocycles. The van der Waals surface area contributed by atoms with E-state index >= 15 is 0 Å². The number of nitrogens with zero attached hydrogens (tertiary/aromatic N) is 2. The summed E-state index contributed by atoms with van der Waals surface area (Å²) < 4.78 is 6.21. The van der Waals surface area contributed by atoms with Crippen molar-refractivity contribution in [1.82, 2.24) is 10.0 Å². The number of pyridine rings is 1. The molecule has 0 N–H and O–H groups in total. The fourth-order valence-electron chi connectivity index (χ4n) is 4.31. The molecule has 3 heterocycles. The standard InChI is InChI=1S/C22H21ClN2O2/c1-22(2)17-13-26-21-16(11-18(23)15-9-6-10-24-19(15)21)20(17)25(27-22)12-14-7-4-3-5-8-14/h3-11,17,20H,12-13H2,1-2H3/t17-,20+/m0/s1. The van der Waals surface area contributed by atoms with E-state index in [0.717, 1.165) is 22.2 Å². The van der Waals surface area contributed by atoms with Crippen LogP contribution in [0.1, 0.15) is 31.0 Å². The molecule has 138 valence electrons. The van der Waals surface area contributed by atoms with Gasteiger partial charge in [0.15, 0.2) is 5.75 Å². The molecule has 0 saturated carbocycles. The second-order valence-electron chi connectivity index (χ2n) is 7.79. The molecule has 0 amide bonds. The zero-order chi connectivity index (χ0) is 18.6. The Kier molecular flexibility index (Phi) is 3.90. The number of benzene rings is 2. The molecule has 0 bridgehead atoms. The van der Waals surface area contributed by atoms with Crippen LogP contribution in [-0.4, -0.2) is 22.3 Å². The lowest BCUT2D eigenvalue weighted by molar-refractivity contribution is -0.201. The Balaban J connectivity index is 1.64. The summed E-state index contributed by atoms with van der Waals surface area (Å²) in [6.45, 7) is 5.57. The summed E-state index contributed by atoms with van der Waals surface area (Å²) >= 11 is 6.61. The smallest absolute Gasteiger partial charge is 0.150 e. The average molecular weight is 381 g/mol. The Morgan fingerprint density at radius 1 is 1.19 bits per heavy atom. The molecule has 5 rings (SSSR count). The largest absolute Gasteiger partial charge is 0.490 e. The van der Waals surface area contributed by atoms with E-state index in [-0.39, 0.29) is 17.6 Å². The van der Waals surface area contributed by atoms with Crippen molar-refractivity contribution in [3.8, 4) is 5.75 Å². The van der Waals surface area contributed by atoms with Crippen molar-refractivity contribution < 1.29 is 9.57 Å². The van der Waals surface area contributed by atoms with Crippen LogP contribution in [0, 0.1) is 5.92 Å². The van der Waals surface area contributed by atoms with E-state index in [2.05, 4.69) is 48.2 Å². The Morgan fingerprint density at radius 2 is 2.00 bits per heavy atom. The van der Waals surface area contributed by atoms with Crippen molar-refractivity contribution in [2.75, 3.05) is 6.61 Å². The number of hydroxylamine groups is 2. The van der Waals surface area contributed by atoms with Crippen LogP contribution >= 0.6 is 11.6 Å². The molecule has 2 aliphatic rings. The monoisotopic (exact) mass is 380 g/mol. The third-order valence-corrected chi connectivity index (χ3v) is 5.98. The molecule has 1 saturated heterocycles. The molecular formula is C22H21ClN2O2. The summed E-state index contributed by atoms with van der Waals surface area (Å²) in [5.74, 6) is 1.04. The number of ether oxygens (including phenoxy) is 1. The molecule has 0 radical (unpaired) electrons. The quantitative estimate of drug-likeness (QED) is 0.614. The summed E-state index contributed by atoms with van der Waals surface area (Å²) in [6, 6.07) is 16.4. The molecule has 27 heavy (non-hydrogen) atoms. The molecule has 5 heteroatoms. The third-order valence-electron chi connectivity index (χ3n) is 5.67. The SMILES string of the molecule is CC1(C)ON(Cc2ccccc2)[C@@H]2c3cc(Cl)c4cccnc4c3OC[C@@H]21. The lowest BCUT2D eigenvalue weighted by Crippen LogP contribution is -2.36. The van der Waals surface area contributed by atoms with E-state index in [1.165, 1.54) is 5.56 Å². The van der Waals surface area contributed by atoms with Crippen LogP contribution < -0.4 is 4.74 Å². The molecule has 2 atom stereocenters. The highest BCUT2D eigenvalue weighted by Crippen LogP contribution is 2.53. The number of hydrogen-bond donors (Lipinski definition) is 0. The van der Waals surface area contributed by atoms with E-state index in [9.17, 15) is 0 Å². The molecule has 1 aromatic heterocycles. The van der Waals surface area contributed by atoms with Gasteiger partial charge in [0.25, 0.3) is 0 Å². The maximum atomic E-state index is 6.61. The van der Waals surface area contributed by atoms with Gasteiger partial charge in [-0.3, -0.25) is 9.82 Å². The van der Waals surface area contributed by atoms with E-state index in [1.807, 2.05) is 24.3 Å². The lowest BCUT2D eigenvalue weighted by atomic mass is 9.81. The number of fused-ring (bicyclic) bond motifs is 5. The van der Waals surface area contributed by atoms with Crippen LogP contribution in [0.25, 0.3) is 10.9 Å². The van der Waals surface area contributed by atoms with E-state index < -0.39 is 0 Å². The van der Waals surface area contributed by atoms with Crippen LogP contribution in [0.5, 0.6) is 5.75 Å². The average Bonchev–Trinajstić information content (AvgIpc) is 2.93. The van der Waals surface area contributed by atoms with Crippen molar-refractivity contribution in [3.63, 3.8) is 0 Å². The number of hydrogen-bond acceptors (Lipinski definition) is 4. The van der Waals surface area contributed by atoms with Crippen molar-refractivity contribution in [1.29, 1.82) is 0 Å². The number of rotatable bonds is 2. The van der Waals surface area contributed by atoms with Gasteiger partial charge in [0.2, 0.25) is 0 Å². The molecule has 0 aliphatic carbocycles. The van der Waals surface area contributed by atoms with Crippen LogP contribution in [0.2, 0.25) is 5.02 Å². The van der Waals surface area contributed by atoms with E-state index in [0.29, 0.717) is 18.2 Å². The van der Waals surface area contributed by atoms with Crippen molar-refractivity contribution in [2.45, 2.75) is 32.0 Å². The zero-order valence-electron chi connectivity index (χ0n) is 15.4. The van der Waals surface area contributed by atoms with E-state index in [1.54, 1.807) is 6.20 Å². The van der Waals surface area contributed by atoms with Gasteiger partial charge in [-0.05, 0) is 37.6 Å². The van der Waals surface area contributed by atoms with Gasteiger partial charge in [-0.1, -0.05) is 41.9 Å². The van der Waals surface area contributed by atoms with Crippen LogP contribution in [-0.2, 0) is 11.4 Å². The summed E-state index contributed by atoms with van der Waals surface area (Å²) in [7, 11) is 0. The van der Waals surface area contributed by atoms with E-state index in [4.69, 9.17) is 21.2 Å². The third kappa shape index (κ3) is 2.71. The molecule has 0 spiro atoms. The van der Waals surface area contributed by atoms with Gasteiger partial charge in [-0.25, -0.2) is 0 Å². The maximum absolute atomic E-state index is 6.61. The predicted molar refractivity (Wildman–Crippen MR) is 106 cm³/mol. The first-order valence-electron chi connectivity index (χ1n) is 9.24. The molecule has 2 aromatic carbocycles. The van der Waals surface area contributed by atoms with Gasteiger partial charge in [-0.15, -0.1) is 0 Å². The summed E-state index contributed by atoms with van der Waals surface area (Å²) in [4.78, 5) is 10.9.